The lowest BCUT2D eigenvalue weighted by Gasteiger charge is -2.13. The van der Waals surface area contributed by atoms with Crippen molar-refractivity contribution in [3.8, 4) is 17.7 Å². The molecular formula is C20H18N4O3. The molecule has 1 aliphatic carbocycles. The second kappa shape index (κ2) is 6.72. The molecule has 1 aromatic carbocycles. The zero-order valence-electron chi connectivity index (χ0n) is 14.8. The number of aromatic nitrogens is 1. The molecular weight excluding hydrogens is 344 g/mol. The van der Waals surface area contributed by atoms with Crippen molar-refractivity contribution in [1.29, 1.82) is 5.26 Å². The van der Waals surface area contributed by atoms with Gasteiger partial charge in [0.2, 0.25) is 5.88 Å². The Kier molecular flexibility index (Phi) is 4.24. The van der Waals surface area contributed by atoms with Crippen molar-refractivity contribution in [2.75, 3.05) is 4.90 Å². The standard InChI is InChI=1S/C20H18N4O3/c1-2-17-19(25)24(20(26)23-17)14-6-8-18(22-11-14)27-15-7-5-13(10-21)16(9-15)12-3-4-12/h5-9,11-12,17H,2-4H2,1H3,(H,23,26)/t17-/m1/s1. The highest BCUT2D eigenvalue weighted by molar-refractivity contribution is 6.21. The smallest absolute Gasteiger partial charge is 0.329 e. The Bertz CT molecular complexity index is 945. The fourth-order valence-corrected chi connectivity index (χ4v) is 3.18. The summed E-state index contributed by atoms with van der Waals surface area (Å²) in [5, 5.41) is 11.9. The first-order valence-corrected chi connectivity index (χ1v) is 8.93. The number of ether oxygens (including phenoxy) is 1. The number of nitrogens with one attached hydrogen (secondary N) is 1. The number of carbonyl (C=O) groups excluding carboxylic acids is 2. The number of amides is 3. The molecule has 2 aliphatic rings. The minimum Gasteiger partial charge on any atom is -0.439 e. The zero-order valence-corrected chi connectivity index (χ0v) is 14.8. The van der Waals surface area contributed by atoms with Crippen molar-refractivity contribution in [1.82, 2.24) is 10.3 Å². The lowest BCUT2D eigenvalue weighted by atomic mass is 10.0. The Morgan fingerprint density at radius 3 is 2.70 bits per heavy atom. The number of nitriles is 1. The van der Waals surface area contributed by atoms with Gasteiger partial charge >= 0.3 is 6.03 Å². The van der Waals surface area contributed by atoms with Gasteiger partial charge in [0.25, 0.3) is 5.91 Å². The largest absolute Gasteiger partial charge is 0.439 e. The van der Waals surface area contributed by atoms with Crippen LogP contribution in [0.3, 0.4) is 0 Å². The lowest BCUT2D eigenvalue weighted by molar-refractivity contribution is -0.118. The van der Waals surface area contributed by atoms with E-state index in [1.807, 2.05) is 13.0 Å². The maximum absolute atomic E-state index is 12.2. The van der Waals surface area contributed by atoms with E-state index in [0.717, 1.165) is 23.3 Å². The van der Waals surface area contributed by atoms with Crippen LogP contribution in [0.2, 0.25) is 0 Å². The average molecular weight is 362 g/mol. The number of pyridine rings is 1. The molecule has 0 spiro atoms. The zero-order chi connectivity index (χ0) is 19.0. The van der Waals surface area contributed by atoms with E-state index in [4.69, 9.17) is 4.74 Å². The Hall–Kier alpha value is -3.40. The summed E-state index contributed by atoms with van der Waals surface area (Å²) in [4.78, 5) is 29.6. The van der Waals surface area contributed by atoms with Crippen molar-refractivity contribution in [2.24, 2.45) is 0 Å². The van der Waals surface area contributed by atoms with Crippen LogP contribution >= 0.6 is 0 Å². The first kappa shape index (κ1) is 17.0. The van der Waals surface area contributed by atoms with Crippen LogP contribution < -0.4 is 15.0 Å². The summed E-state index contributed by atoms with van der Waals surface area (Å²) in [7, 11) is 0. The molecule has 7 nitrogen and oxygen atoms in total. The number of urea groups is 1. The summed E-state index contributed by atoms with van der Waals surface area (Å²) in [6.07, 6.45) is 4.17. The molecule has 1 atom stereocenters. The van der Waals surface area contributed by atoms with Gasteiger partial charge in [-0.15, -0.1) is 0 Å². The van der Waals surface area contributed by atoms with Crippen LogP contribution in [0.1, 0.15) is 43.2 Å². The number of benzene rings is 1. The highest BCUT2D eigenvalue weighted by Crippen LogP contribution is 2.43. The van der Waals surface area contributed by atoms with E-state index in [1.54, 1.807) is 24.3 Å². The first-order valence-electron chi connectivity index (χ1n) is 8.93. The molecule has 7 heteroatoms. The average Bonchev–Trinajstić information content (AvgIpc) is 3.48. The minimum absolute atomic E-state index is 0.279. The van der Waals surface area contributed by atoms with E-state index in [0.29, 0.717) is 35.2 Å². The monoisotopic (exact) mass is 362 g/mol. The van der Waals surface area contributed by atoms with Gasteiger partial charge in [0, 0.05) is 6.07 Å². The van der Waals surface area contributed by atoms with Gasteiger partial charge in [-0.3, -0.25) is 4.79 Å². The van der Waals surface area contributed by atoms with Crippen LogP contribution in [0.15, 0.2) is 36.5 Å². The third-order valence-corrected chi connectivity index (χ3v) is 4.79. The van der Waals surface area contributed by atoms with Gasteiger partial charge in [-0.2, -0.15) is 5.26 Å². The Morgan fingerprint density at radius 1 is 1.30 bits per heavy atom. The summed E-state index contributed by atoms with van der Waals surface area (Å²) in [5.41, 5.74) is 2.09. The van der Waals surface area contributed by atoms with E-state index < -0.39 is 12.1 Å². The Balaban J connectivity index is 1.52. The molecule has 1 saturated heterocycles. The van der Waals surface area contributed by atoms with Crippen molar-refractivity contribution in [3.05, 3.63) is 47.7 Å². The Morgan fingerprint density at radius 2 is 2.11 bits per heavy atom. The highest BCUT2D eigenvalue weighted by Gasteiger charge is 2.38. The van der Waals surface area contributed by atoms with Crippen molar-refractivity contribution in [3.63, 3.8) is 0 Å². The number of carbonyl (C=O) groups is 2. The van der Waals surface area contributed by atoms with Gasteiger partial charge < -0.3 is 10.1 Å². The van der Waals surface area contributed by atoms with Crippen LogP contribution in [0.4, 0.5) is 10.5 Å². The second-order valence-electron chi connectivity index (χ2n) is 6.68. The van der Waals surface area contributed by atoms with Crippen LogP contribution in [0, 0.1) is 11.3 Å². The minimum atomic E-state index is -0.493. The number of hydrogen-bond donors (Lipinski definition) is 1. The number of imide groups is 1. The van der Waals surface area contributed by atoms with Crippen LogP contribution in [-0.4, -0.2) is 23.0 Å². The highest BCUT2D eigenvalue weighted by atomic mass is 16.5. The predicted octanol–water partition coefficient (Wildman–Crippen LogP) is 3.46. The van der Waals surface area contributed by atoms with Crippen LogP contribution in [0.25, 0.3) is 0 Å². The molecule has 1 N–H and O–H groups in total. The molecule has 2 aromatic rings. The molecule has 0 bridgehead atoms. The first-order chi connectivity index (χ1) is 13.1. The maximum Gasteiger partial charge on any atom is 0.329 e. The van der Waals surface area contributed by atoms with E-state index in [2.05, 4.69) is 16.4 Å². The molecule has 1 aromatic heterocycles. The SMILES string of the molecule is CC[C@H]1NC(=O)N(c2ccc(Oc3ccc(C#N)c(C4CC4)c3)nc2)C1=O. The van der Waals surface area contributed by atoms with Crippen LogP contribution in [-0.2, 0) is 4.79 Å². The molecule has 0 radical (unpaired) electrons. The van der Waals surface area contributed by atoms with Gasteiger partial charge in [-0.25, -0.2) is 14.7 Å². The van der Waals surface area contributed by atoms with Gasteiger partial charge in [0.15, 0.2) is 0 Å². The third-order valence-electron chi connectivity index (χ3n) is 4.79. The molecule has 3 amide bonds. The number of rotatable bonds is 5. The molecule has 2 fully saturated rings. The van der Waals surface area contributed by atoms with E-state index in [-0.39, 0.29) is 5.91 Å². The normalized spacial score (nSPS) is 19.0. The molecule has 27 heavy (non-hydrogen) atoms. The van der Waals surface area contributed by atoms with Crippen molar-refractivity contribution >= 4 is 17.6 Å². The molecule has 1 saturated carbocycles. The Labute approximate surface area is 156 Å². The summed E-state index contributed by atoms with van der Waals surface area (Å²) in [6.45, 7) is 1.84. The summed E-state index contributed by atoms with van der Waals surface area (Å²) in [5.74, 6) is 1.12. The van der Waals surface area contributed by atoms with Gasteiger partial charge in [0.1, 0.15) is 11.8 Å². The lowest BCUT2D eigenvalue weighted by Crippen LogP contribution is -2.31. The predicted molar refractivity (Wildman–Crippen MR) is 97.5 cm³/mol. The maximum atomic E-state index is 12.2. The van der Waals surface area contributed by atoms with E-state index in [1.165, 1.54) is 6.20 Å². The molecule has 1 aliphatic heterocycles. The van der Waals surface area contributed by atoms with E-state index in [9.17, 15) is 14.9 Å². The second-order valence-corrected chi connectivity index (χ2v) is 6.68. The van der Waals surface area contributed by atoms with Crippen LogP contribution in [0.5, 0.6) is 11.6 Å². The van der Waals surface area contributed by atoms with Gasteiger partial charge in [-0.1, -0.05) is 6.92 Å². The van der Waals surface area contributed by atoms with Crippen molar-refractivity contribution < 1.29 is 14.3 Å². The number of hydrogen-bond acceptors (Lipinski definition) is 5. The molecule has 0 unspecified atom stereocenters. The van der Waals surface area contributed by atoms with Crippen molar-refractivity contribution in [2.45, 2.75) is 38.1 Å². The summed E-state index contributed by atoms with van der Waals surface area (Å²) < 4.78 is 5.79. The number of nitrogens with zero attached hydrogens (tertiary/aromatic N) is 3. The quantitative estimate of drug-likeness (QED) is 0.822. The number of anilines is 1. The molecule has 2 heterocycles. The molecule has 4 rings (SSSR count). The summed E-state index contributed by atoms with van der Waals surface area (Å²) >= 11 is 0. The van der Waals surface area contributed by atoms with Gasteiger partial charge in [0.05, 0.1) is 23.5 Å². The fourth-order valence-electron chi connectivity index (χ4n) is 3.18. The molecule has 136 valence electrons. The topological polar surface area (TPSA) is 95.3 Å². The van der Waals surface area contributed by atoms with Gasteiger partial charge in [-0.05, 0) is 55.0 Å². The third kappa shape index (κ3) is 3.22. The summed E-state index contributed by atoms with van der Waals surface area (Å²) in [6, 6.07) is 9.91. The van der Waals surface area contributed by atoms with E-state index >= 15 is 0 Å². The fraction of sp³-hybridized carbons (Fsp3) is 0.300.